The highest BCUT2D eigenvalue weighted by molar-refractivity contribution is 6.02. The predicted molar refractivity (Wildman–Crippen MR) is 221 cm³/mol. The van der Waals surface area contributed by atoms with Crippen LogP contribution in [0.5, 0.6) is 11.5 Å². The molecule has 3 aliphatic heterocycles. The molecule has 4 amide bonds. The SMILES string of the molecule is CC(OC(=O)Nc1nnc(-c2ccccc2O)cc1-n1cc(N2CCN(C3CCC(c4cccc5c4OCCN5[C@H]4CCC(=O)NC4=O)CC3)CC2=O)cn1)OC(=O)C(C)C. The quantitative estimate of drug-likeness (QED) is 0.114. The molecule has 3 fully saturated rings. The summed E-state index contributed by atoms with van der Waals surface area (Å²) < 4.78 is 18.1. The highest BCUT2D eigenvalue weighted by Crippen LogP contribution is 2.45. The van der Waals surface area contributed by atoms with E-state index in [9.17, 15) is 29.1 Å². The van der Waals surface area contributed by atoms with Crippen LogP contribution in [0.2, 0.25) is 0 Å². The van der Waals surface area contributed by atoms with Gasteiger partial charge < -0.3 is 29.1 Å². The van der Waals surface area contributed by atoms with E-state index in [1.165, 1.54) is 17.7 Å². The summed E-state index contributed by atoms with van der Waals surface area (Å²) in [4.78, 5) is 69.3. The van der Waals surface area contributed by atoms with E-state index in [1.807, 2.05) is 12.1 Å². The van der Waals surface area contributed by atoms with Gasteiger partial charge in [0, 0.05) is 38.0 Å². The lowest BCUT2D eigenvalue weighted by Gasteiger charge is -2.42. The van der Waals surface area contributed by atoms with Crippen LogP contribution in [0.15, 0.2) is 60.9 Å². The van der Waals surface area contributed by atoms with Crippen LogP contribution in [0.3, 0.4) is 0 Å². The molecule has 61 heavy (non-hydrogen) atoms. The van der Waals surface area contributed by atoms with Crippen LogP contribution in [0.4, 0.5) is 22.0 Å². The van der Waals surface area contributed by atoms with Crippen molar-refractivity contribution in [3.8, 4) is 28.4 Å². The topological polar surface area (TPSA) is 211 Å². The second-order valence-electron chi connectivity index (χ2n) is 16.0. The number of imide groups is 1. The number of piperazine rings is 1. The third kappa shape index (κ3) is 8.85. The number of nitrogens with one attached hydrogen (secondary N) is 2. The minimum atomic E-state index is -1.17. The van der Waals surface area contributed by atoms with E-state index in [2.05, 4.69) is 41.8 Å². The summed E-state index contributed by atoms with van der Waals surface area (Å²) in [5, 5.41) is 28.5. The summed E-state index contributed by atoms with van der Waals surface area (Å²) in [7, 11) is 0. The van der Waals surface area contributed by atoms with Crippen LogP contribution in [-0.2, 0) is 28.7 Å². The molecule has 2 aromatic carbocycles. The average molecular weight is 836 g/mol. The van der Waals surface area contributed by atoms with E-state index in [-0.39, 0.29) is 53.5 Å². The van der Waals surface area contributed by atoms with Crippen LogP contribution in [-0.4, -0.2) is 111 Å². The molecule has 1 saturated carbocycles. The maximum Gasteiger partial charge on any atom is 0.416 e. The van der Waals surface area contributed by atoms with Crippen LogP contribution < -0.4 is 25.2 Å². The number of benzene rings is 2. The lowest BCUT2D eigenvalue weighted by Crippen LogP contribution is -2.54. The molecule has 2 atom stereocenters. The molecule has 3 N–H and O–H groups in total. The molecule has 18 nitrogen and oxygen atoms in total. The van der Waals surface area contributed by atoms with Gasteiger partial charge in [-0.05, 0) is 67.9 Å². The fraction of sp³-hybridized carbons (Fsp3) is 0.442. The van der Waals surface area contributed by atoms with E-state index in [1.54, 1.807) is 55.4 Å². The molecule has 320 valence electrons. The van der Waals surface area contributed by atoms with Crippen molar-refractivity contribution in [2.75, 3.05) is 47.9 Å². The Kier molecular flexibility index (Phi) is 11.9. The van der Waals surface area contributed by atoms with Gasteiger partial charge in [-0.1, -0.05) is 38.1 Å². The monoisotopic (exact) mass is 835 g/mol. The average Bonchev–Trinajstić information content (AvgIpc) is 3.73. The smallest absolute Gasteiger partial charge is 0.416 e. The van der Waals surface area contributed by atoms with Crippen molar-refractivity contribution in [2.24, 2.45) is 5.92 Å². The van der Waals surface area contributed by atoms with Crippen molar-refractivity contribution in [1.82, 2.24) is 30.2 Å². The second kappa shape index (κ2) is 17.6. The normalized spacial score (nSPS) is 21.3. The lowest BCUT2D eigenvalue weighted by molar-refractivity contribution is -0.168. The first-order valence-electron chi connectivity index (χ1n) is 20.7. The summed E-state index contributed by atoms with van der Waals surface area (Å²) in [6.45, 7) is 7.15. The number of carbonyl (C=O) groups is 5. The fourth-order valence-corrected chi connectivity index (χ4v) is 8.60. The maximum absolute atomic E-state index is 13.8. The molecule has 4 aromatic rings. The predicted octanol–water partition coefficient (Wildman–Crippen LogP) is 4.51. The van der Waals surface area contributed by atoms with Crippen LogP contribution in [0.1, 0.15) is 70.8 Å². The van der Waals surface area contributed by atoms with Crippen molar-refractivity contribution in [3.63, 3.8) is 0 Å². The first-order valence-corrected chi connectivity index (χ1v) is 20.7. The Hall–Kier alpha value is -6.56. The summed E-state index contributed by atoms with van der Waals surface area (Å²) in [6, 6.07) is 14.2. The third-order valence-corrected chi connectivity index (χ3v) is 11.7. The van der Waals surface area contributed by atoms with Gasteiger partial charge >= 0.3 is 12.1 Å². The van der Waals surface area contributed by atoms with Gasteiger partial charge in [0.05, 0.1) is 48.5 Å². The number of carbonyl (C=O) groups excluding carboxylic acids is 5. The molecule has 4 aliphatic rings. The molecule has 0 spiro atoms. The highest BCUT2D eigenvalue weighted by atomic mass is 16.7. The summed E-state index contributed by atoms with van der Waals surface area (Å²) >= 11 is 0. The second-order valence-corrected chi connectivity index (χ2v) is 16.0. The number of fused-ring (bicyclic) bond motifs is 1. The maximum atomic E-state index is 13.8. The van der Waals surface area contributed by atoms with Crippen molar-refractivity contribution >= 4 is 47.0 Å². The Labute approximate surface area is 352 Å². The zero-order valence-corrected chi connectivity index (χ0v) is 34.3. The number of hydrogen-bond donors (Lipinski definition) is 3. The Morgan fingerprint density at radius 2 is 1.74 bits per heavy atom. The number of piperidine rings is 1. The molecule has 0 radical (unpaired) electrons. The van der Waals surface area contributed by atoms with Gasteiger partial charge in [0.2, 0.25) is 24.0 Å². The number of aromatic hydroxyl groups is 1. The van der Waals surface area contributed by atoms with Gasteiger partial charge in [0.25, 0.3) is 0 Å². The minimum absolute atomic E-state index is 0.0202. The van der Waals surface area contributed by atoms with Crippen molar-refractivity contribution < 1.29 is 43.3 Å². The van der Waals surface area contributed by atoms with E-state index < -0.39 is 30.3 Å². The fourth-order valence-electron chi connectivity index (χ4n) is 8.60. The van der Waals surface area contributed by atoms with Gasteiger partial charge in [0.1, 0.15) is 29.8 Å². The van der Waals surface area contributed by atoms with Crippen LogP contribution in [0, 0.1) is 5.92 Å². The van der Waals surface area contributed by atoms with Crippen molar-refractivity contribution in [1.29, 1.82) is 0 Å². The minimum Gasteiger partial charge on any atom is -0.507 e. The Morgan fingerprint density at radius 3 is 2.49 bits per heavy atom. The zero-order chi connectivity index (χ0) is 42.8. The standard InChI is InChI=1S/C43H49N9O9/c1-25(2)42(57)60-26(3)61-43(58)46-40-35(21-32(47-48-40)31-7-4-5-10-36(31)53)52-23-29(22-44-52)50-18-17-49(24-38(50)55)28-13-11-27(12-14-28)30-8-6-9-33-39(30)59-20-19-51(33)34-15-16-37(54)45-41(34)56/h4-10,21-23,25-28,34,53H,11-20,24H2,1-3H3,(H,45,54,56)(H,46,48,58)/t26?,27?,28?,34-/m0/s1. The number of amides is 4. The van der Waals surface area contributed by atoms with Crippen LogP contribution >= 0.6 is 0 Å². The van der Waals surface area contributed by atoms with Gasteiger partial charge in [-0.15, -0.1) is 10.2 Å². The molecule has 0 bridgehead atoms. The Bertz CT molecular complexity index is 2330. The van der Waals surface area contributed by atoms with Gasteiger partial charge in [-0.25, -0.2) is 9.48 Å². The zero-order valence-electron chi connectivity index (χ0n) is 34.3. The molecule has 1 aliphatic carbocycles. The van der Waals surface area contributed by atoms with Gasteiger partial charge in [0.15, 0.2) is 5.82 Å². The van der Waals surface area contributed by atoms with E-state index in [0.717, 1.165) is 42.7 Å². The van der Waals surface area contributed by atoms with Crippen LogP contribution in [0.25, 0.3) is 16.9 Å². The molecule has 8 rings (SSSR count). The molecular weight excluding hydrogens is 787 g/mol. The van der Waals surface area contributed by atoms with Crippen molar-refractivity contribution in [3.05, 3.63) is 66.5 Å². The number of phenolic OH excluding ortho intramolecular Hbond substituents is 1. The van der Waals surface area contributed by atoms with Gasteiger partial charge in [-0.2, -0.15) is 5.10 Å². The van der Waals surface area contributed by atoms with E-state index in [4.69, 9.17) is 14.2 Å². The summed E-state index contributed by atoms with van der Waals surface area (Å²) in [6.07, 6.45) is 5.60. The summed E-state index contributed by atoms with van der Waals surface area (Å²) in [5.41, 5.74) is 3.57. The molecule has 2 aromatic heterocycles. The van der Waals surface area contributed by atoms with E-state index >= 15 is 0 Å². The molecular formula is C43H49N9O9. The number of ether oxygens (including phenoxy) is 3. The highest BCUT2D eigenvalue weighted by Gasteiger charge is 2.38. The number of nitrogens with zero attached hydrogens (tertiary/aromatic N) is 7. The Balaban J connectivity index is 0.924. The number of hydrogen-bond acceptors (Lipinski definition) is 14. The number of rotatable bonds is 10. The Morgan fingerprint density at radius 1 is 0.934 bits per heavy atom. The first kappa shape index (κ1) is 41.2. The molecule has 1 unspecified atom stereocenters. The third-order valence-electron chi connectivity index (χ3n) is 11.7. The molecule has 18 heteroatoms. The van der Waals surface area contributed by atoms with E-state index in [0.29, 0.717) is 56.0 Å². The number of esters is 1. The summed E-state index contributed by atoms with van der Waals surface area (Å²) in [5.74, 6) is -0.449. The number of aromatic nitrogens is 4. The largest absolute Gasteiger partial charge is 0.507 e. The molecule has 5 heterocycles. The molecule has 2 saturated heterocycles. The number of anilines is 3. The number of para-hydroxylation sites is 2. The first-order chi connectivity index (χ1) is 29.4. The van der Waals surface area contributed by atoms with Crippen molar-refractivity contribution in [2.45, 2.75) is 83.6 Å². The lowest BCUT2D eigenvalue weighted by atomic mass is 9.80. The van der Waals surface area contributed by atoms with Gasteiger partial charge in [-0.3, -0.25) is 34.7 Å². The number of phenols is 1.